The van der Waals surface area contributed by atoms with E-state index >= 15 is 0 Å². The number of hydrogen-bond acceptors (Lipinski definition) is 4. The second-order valence-corrected chi connectivity index (χ2v) is 11.8. The molecular formula is C35H41N5O2. The molecule has 1 aliphatic heterocycles. The van der Waals surface area contributed by atoms with Crippen LogP contribution < -0.4 is 15.5 Å². The van der Waals surface area contributed by atoms with Crippen LogP contribution >= 0.6 is 0 Å². The third-order valence-electron chi connectivity index (χ3n) is 8.79. The van der Waals surface area contributed by atoms with Crippen molar-refractivity contribution in [3.8, 4) is 0 Å². The van der Waals surface area contributed by atoms with Crippen molar-refractivity contribution >= 4 is 34.7 Å². The van der Waals surface area contributed by atoms with Gasteiger partial charge in [0.15, 0.2) is 0 Å². The fraction of sp³-hybridized carbons (Fsp3) is 0.400. The zero-order chi connectivity index (χ0) is 28.7. The van der Waals surface area contributed by atoms with Crippen LogP contribution in [0.1, 0.15) is 75.3 Å². The van der Waals surface area contributed by atoms with Gasteiger partial charge in [-0.1, -0.05) is 87.1 Å². The molecule has 0 saturated heterocycles. The van der Waals surface area contributed by atoms with Gasteiger partial charge in [-0.25, -0.2) is 9.80 Å². The van der Waals surface area contributed by atoms with Crippen LogP contribution in [0, 0.1) is 5.92 Å². The number of carbonyl (C=O) groups excluding carboxylic acids is 2. The van der Waals surface area contributed by atoms with Crippen LogP contribution in [0.15, 0.2) is 84.0 Å². The molecule has 0 unspecified atom stereocenters. The van der Waals surface area contributed by atoms with E-state index in [1.165, 1.54) is 38.5 Å². The van der Waals surface area contributed by atoms with E-state index in [9.17, 15) is 9.59 Å². The number of fused-ring (bicyclic) bond motifs is 1. The van der Waals surface area contributed by atoms with Gasteiger partial charge in [0, 0.05) is 23.2 Å². The first kappa shape index (κ1) is 28.2. The number of nitrogens with one attached hydrogen (secondary N) is 2. The number of anilines is 3. The summed E-state index contributed by atoms with van der Waals surface area (Å²) in [4.78, 5) is 28.7. The van der Waals surface area contributed by atoms with Crippen LogP contribution in [0.4, 0.5) is 21.9 Å². The summed E-state index contributed by atoms with van der Waals surface area (Å²) in [6.07, 6.45) is 11.8. The van der Waals surface area contributed by atoms with Gasteiger partial charge in [0.05, 0.1) is 30.2 Å². The molecule has 3 amide bonds. The second-order valence-electron chi connectivity index (χ2n) is 11.8. The number of nitrogens with zero attached hydrogens (tertiary/aromatic N) is 3. The van der Waals surface area contributed by atoms with Crippen LogP contribution in [-0.2, 0) is 11.3 Å². The van der Waals surface area contributed by atoms with Crippen LogP contribution in [0.3, 0.4) is 0 Å². The van der Waals surface area contributed by atoms with Gasteiger partial charge in [-0.2, -0.15) is 5.10 Å². The number of para-hydroxylation sites is 1. The second kappa shape index (κ2) is 13.3. The van der Waals surface area contributed by atoms with Gasteiger partial charge in [0.25, 0.3) is 0 Å². The Bertz CT molecular complexity index is 1390. The van der Waals surface area contributed by atoms with Gasteiger partial charge in [-0.05, 0) is 61.6 Å². The lowest BCUT2D eigenvalue weighted by Crippen LogP contribution is -2.37. The number of amides is 3. The molecule has 42 heavy (non-hydrogen) atoms. The number of rotatable bonds is 8. The minimum atomic E-state index is -0.189. The number of hydrogen-bond donors (Lipinski definition) is 2. The molecule has 6 rings (SSSR count). The normalized spacial score (nSPS) is 18.3. The summed E-state index contributed by atoms with van der Waals surface area (Å²) in [6.45, 7) is 0.697. The van der Waals surface area contributed by atoms with Gasteiger partial charge in [0.2, 0.25) is 5.91 Å². The smallest absolute Gasteiger partial charge is 0.325 e. The van der Waals surface area contributed by atoms with Crippen molar-refractivity contribution in [2.45, 2.75) is 76.8 Å². The van der Waals surface area contributed by atoms with Crippen molar-refractivity contribution < 1.29 is 9.59 Å². The van der Waals surface area contributed by atoms with E-state index in [0.717, 1.165) is 53.9 Å². The predicted octanol–water partition coefficient (Wildman–Crippen LogP) is 7.61. The molecule has 2 fully saturated rings. The van der Waals surface area contributed by atoms with Crippen LogP contribution in [0.25, 0.3) is 0 Å². The molecule has 0 bridgehead atoms. The van der Waals surface area contributed by atoms with Crippen LogP contribution in [-0.4, -0.2) is 35.2 Å². The summed E-state index contributed by atoms with van der Waals surface area (Å²) < 4.78 is 0. The molecule has 7 nitrogen and oxygen atoms in total. The quantitative estimate of drug-likeness (QED) is 0.296. The molecular weight excluding hydrogens is 522 g/mol. The first-order valence-electron chi connectivity index (χ1n) is 15.6. The lowest BCUT2D eigenvalue weighted by atomic mass is 9.83. The molecule has 3 aromatic carbocycles. The van der Waals surface area contributed by atoms with Crippen molar-refractivity contribution in [3.05, 3.63) is 90.0 Å². The summed E-state index contributed by atoms with van der Waals surface area (Å²) in [7, 11) is 0. The summed E-state index contributed by atoms with van der Waals surface area (Å²) >= 11 is 0. The van der Waals surface area contributed by atoms with Gasteiger partial charge < -0.3 is 10.6 Å². The van der Waals surface area contributed by atoms with Crippen molar-refractivity contribution in [2.75, 3.05) is 16.8 Å². The van der Waals surface area contributed by atoms with E-state index in [4.69, 9.17) is 5.10 Å². The topological polar surface area (TPSA) is 77.0 Å². The lowest BCUT2D eigenvalue weighted by Gasteiger charge is -2.27. The van der Waals surface area contributed by atoms with Gasteiger partial charge >= 0.3 is 6.03 Å². The van der Waals surface area contributed by atoms with Crippen molar-refractivity contribution in [2.24, 2.45) is 11.0 Å². The average molecular weight is 564 g/mol. The van der Waals surface area contributed by atoms with E-state index in [-0.39, 0.29) is 11.9 Å². The maximum absolute atomic E-state index is 14.3. The number of hydrazone groups is 1. The molecule has 2 aliphatic carbocycles. The molecule has 3 aromatic rings. The number of benzene rings is 3. The predicted molar refractivity (Wildman–Crippen MR) is 169 cm³/mol. The number of urea groups is 1. The fourth-order valence-electron chi connectivity index (χ4n) is 6.56. The molecule has 0 atom stereocenters. The Morgan fingerprint density at radius 1 is 0.786 bits per heavy atom. The number of carbonyl (C=O) groups is 2. The Kier molecular flexibility index (Phi) is 8.95. The first-order valence-corrected chi connectivity index (χ1v) is 15.6. The van der Waals surface area contributed by atoms with Gasteiger partial charge in [-0.3, -0.25) is 9.69 Å². The van der Waals surface area contributed by atoms with Crippen molar-refractivity contribution in [1.82, 2.24) is 10.3 Å². The maximum atomic E-state index is 14.3. The highest BCUT2D eigenvalue weighted by molar-refractivity contribution is 6.13. The Morgan fingerprint density at radius 3 is 2.19 bits per heavy atom. The van der Waals surface area contributed by atoms with E-state index in [2.05, 4.69) is 16.7 Å². The minimum absolute atomic E-state index is 0.0518. The highest BCUT2D eigenvalue weighted by Crippen LogP contribution is 2.38. The minimum Gasteiger partial charge on any atom is -0.325 e. The Balaban J connectivity index is 1.27. The highest BCUT2D eigenvalue weighted by atomic mass is 16.2. The Labute approximate surface area is 249 Å². The molecule has 1 heterocycles. The summed E-state index contributed by atoms with van der Waals surface area (Å²) in [5, 5.41) is 13.1. The molecule has 0 radical (unpaired) electrons. The van der Waals surface area contributed by atoms with Crippen molar-refractivity contribution in [3.63, 3.8) is 0 Å². The molecule has 0 spiro atoms. The summed E-state index contributed by atoms with van der Waals surface area (Å²) in [5.74, 6) is 0.273. The third-order valence-corrected chi connectivity index (χ3v) is 8.79. The molecule has 3 aliphatic rings. The molecule has 0 aromatic heterocycles. The average Bonchev–Trinajstić information content (AvgIpc) is 3.16. The molecule has 2 saturated carbocycles. The lowest BCUT2D eigenvalue weighted by molar-refractivity contribution is -0.115. The summed E-state index contributed by atoms with van der Waals surface area (Å²) in [5.41, 5.74) is 5.35. The standard InChI is InChI=1S/C35H41N5O2/c41-33(24-36-28-16-8-3-9-17-28)37-29-20-22-30(23-21-29)40-32-19-11-10-18-31(32)34(27-14-6-2-7-15-27)38-39(35(40)42)25-26-12-4-1-5-13-26/h1,4-5,10-13,18-23,27-28,36H,2-3,6-9,14-17,24-25H2,(H,37,41). The van der Waals surface area contributed by atoms with Crippen LogP contribution in [0.5, 0.6) is 0 Å². The zero-order valence-electron chi connectivity index (χ0n) is 24.3. The zero-order valence-corrected chi connectivity index (χ0v) is 24.3. The Hall–Kier alpha value is -3.97. The SMILES string of the molecule is O=C(CNC1CCCCC1)Nc1ccc(N2C(=O)N(Cc3ccccc3)N=C(C3CCCCC3)c3ccccc32)cc1. The van der Waals surface area contributed by atoms with E-state index < -0.39 is 0 Å². The van der Waals surface area contributed by atoms with Crippen molar-refractivity contribution in [1.29, 1.82) is 0 Å². The molecule has 2 N–H and O–H groups in total. The van der Waals surface area contributed by atoms with E-state index in [1.54, 1.807) is 9.91 Å². The third kappa shape index (κ3) is 6.57. The monoisotopic (exact) mass is 563 g/mol. The van der Waals surface area contributed by atoms with E-state index in [0.29, 0.717) is 30.7 Å². The maximum Gasteiger partial charge on any atom is 0.349 e. The van der Waals surface area contributed by atoms with Gasteiger partial charge in [-0.15, -0.1) is 0 Å². The molecule has 7 heteroatoms. The molecule has 218 valence electrons. The van der Waals surface area contributed by atoms with E-state index in [1.807, 2.05) is 72.8 Å². The largest absolute Gasteiger partial charge is 0.349 e. The first-order chi connectivity index (χ1) is 20.7. The van der Waals surface area contributed by atoms with Gasteiger partial charge in [0.1, 0.15) is 0 Å². The summed E-state index contributed by atoms with van der Waals surface area (Å²) in [6, 6.07) is 26.0. The van der Waals surface area contributed by atoms with Crippen LogP contribution in [0.2, 0.25) is 0 Å². The Morgan fingerprint density at radius 2 is 1.45 bits per heavy atom. The fourth-order valence-corrected chi connectivity index (χ4v) is 6.56. The highest BCUT2D eigenvalue weighted by Gasteiger charge is 2.34.